The van der Waals surface area contributed by atoms with Crippen LogP contribution in [-0.4, -0.2) is 13.1 Å². The van der Waals surface area contributed by atoms with E-state index < -0.39 is 0 Å². The predicted octanol–water partition coefficient (Wildman–Crippen LogP) is 4.63. The predicted molar refractivity (Wildman–Crippen MR) is 91.9 cm³/mol. The van der Waals surface area contributed by atoms with E-state index in [1.807, 2.05) is 0 Å². The Morgan fingerprint density at radius 3 is 2.10 bits per heavy atom. The molecule has 21 heavy (non-hydrogen) atoms. The first kappa shape index (κ1) is 15.8. The third-order valence-corrected chi connectivity index (χ3v) is 4.26. The van der Waals surface area contributed by atoms with Gasteiger partial charge in [0, 0.05) is 6.04 Å². The molecule has 1 N–H and O–H groups in total. The molecular formula is C20H27N. The molecule has 2 aromatic carbocycles. The van der Waals surface area contributed by atoms with E-state index in [1.54, 1.807) is 0 Å². The Morgan fingerprint density at radius 2 is 1.57 bits per heavy atom. The van der Waals surface area contributed by atoms with Gasteiger partial charge in [-0.2, -0.15) is 0 Å². The fraction of sp³-hybridized carbons (Fsp3) is 0.400. The normalized spacial score (nSPS) is 13.9. The minimum absolute atomic E-state index is 0.471. The van der Waals surface area contributed by atoms with Gasteiger partial charge in [0.15, 0.2) is 0 Å². The summed E-state index contributed by atoms with van der Waals surface area (Å²) in [6.07, 6.45) is 2.23. The first-order valence-corrected chi connectivity index (χ1v) is 7.93. The lowest BCUT2D eigenvalue weighted by atomic mass is 9.85. The molecule has 0 radical (unpaired) electrons. The lowest BCUT2D eigenvalue weighted by Gasteiger charge is -2.27. The quantitative estimate of drug-likeness (QED) is 0.814. The number of hydrogen-bond acceptors (Lipinski definition) is 1. The van der Waals surface area contributed by atoms with Crippen molar-refractivity contribution in [2.45, 2.75) is 45.6 Å². The largest absolute Gasteiger partial charge is 0.316 e. The monoisotopic (exact) mass is 281 g/mol. The fourth-order valence-corrected chi connectivity index (χ4v) is 3.34. The second-order valence-electron chi connectivity index (χ2n) is 6.02. The van der Waals surface area contributed by atoms with Crippen molar-refractivity contribution in [1.82, 2.24) is 5.32 Å². The molecule has 0 heterocycles. The second kappa shape index (κ2) is 7.42. The molecule has 1 nitrogen and oxygen atoms in total. The summed E-state index contributed by atoms with van der Waals surface area (Å²) >= 11 is 0. The van der Waals surface area contributed by atoms with Gasteiger partial charge >= 0.3 is 0 Å². The van der Waals surface area contributed by atoms with Gasteiger partial charge in [-0.25, -0.2) is 0 Å². The summed E-state index contributed by atoms with van der Waals surface area (Å²) in [6, 6.07) is 18.2. The lowest BCUT2D eigenvalue weighted by molar-refractivity contribution is 0.448. The first-order chi connectivity index (χ1) is 10.1. The van der Waals surface area contributed by atoms with Crippen LogP contribution in [0.3, 0.4) is 0 Å². The molecule has 1 heteroatoms. The molecule has 0 saturated heterocycles. The summed E-state index contributed by atoms with van der Waals surface area (Å²) < 4.78 is 0. The summed E-state index contributed by atoms with van der Waals surface area (Å²) in [5.74, 6) is 0.553. The van der Waals surface area contributed by atoms with Crippen LogP contribution in [0.1, 0.15) is 41.5 Å². The van der Waals surface area contributed by atoms with E-state index in [9.17, 15) is 0 Å². The standard InChI is InChI=1S/C20H27N/c1-5-19(18-9-7-6-8-10-18)20(21-4)14-17-12-15(2)11-16(3)13-17/h6-13,19-21H,5,14H2,1-4H3. The van der Waals surface area contributed by atoms with Gasteiger partial charge in [0.1, 0.15) is 0 Å². The zero-order valence-electron chi connectivity index (χ0n) is 13.7. The topological polar surface area (TPSA) is 12.0 Å². The Morgan fingerprint density at radius 1 is 0.952 bits per heavy atom. The zero-order chi connectivity index (χ0) is 15.2. The molecule has 0 fully saturated rings. The minimum atomic E-state index is 0.471. The van der Waals surface area contributed by atoms with Crippen molar-refractivity contribution in [3.8, 4) is 0 Å². The van der Waals surface area contributed by atoms with E-state index in [0.29, 0.717) is 12.0 Å². The smallest absolute Gasteiger partial charge is 0.0173 e. The number of rotatable bonds is 6. The molecule has 0 aromatic heterocycles. The van der Waals surface area contributed by atoms with Crippen LogP contribution in [0.25, 0.3) is 0 Å². The maximum Gasteiger partial charge on any atom is 0.0173 e. The van der Waals surface area contributed by atoms with Gasteiger partial charge < -0.3 is 5.32 Å². The van der Waals surface area contributed by atoms with Gasteiger partial charge in [-0.05, 0) is 50.8 Å². The van der Waals surface area contributed by atoms with E-state index in [0.717, 1.165) is 12.8 Å². The molecule has 2 unspecified atom stereocenters. The summed E-state index contributed by atoms with van der Waals surface area (Å²) in [6.45, 7) is 6.64. The highest BCUT2D eigenvalue weighted by Crippen LogP contribution is 2.26. The maximum absolute atomic E-state index is 3.54. The average molecular weight is 281 g/mol. The summed E-state index contributed by atoms with van der Waals surface area (Å²) in [5.41, 5.74) is 5.57. The molecule has 2 rings (SSSR count). The van der Waals surface area contributed by atoms with Crippen molar-refractivity contribution in [3.63, 3.8) is 0 Å². The first-order valence-electron chi connectivity index (χ1n) is 7.93. The molecule has 0 aliphatic carbocycles. The number of aryl methyl sites for hydroxylation is 2. The zero-order valence-corrected chi connectivity index (χ0v) is 13.7. The summed E-state index contributed by atoms with van der Waals surface area (Å²) in [7, 11) is 2.08. The highest BCUT2D eigenvalue weighted by Gasteiger charge is 2.20. The van der Waals surface area contributed by atoms with Crippen LogP contribution < -0.4 is 5.32 Å². The highest BCUT2D eigenvalue weighted by atomic mass is 14.9. The highest BCUT2D eigenvalue weighted by molar-refractivity contribution is 5.30. The molecule has 2 aromatic rings. The number of likely N-dealkylation sites (N-methyl/N-ethyl adjacent to an activating group) is 1. The van der Waals surface area contributed by atoms with Crippen LogP contribution in [0.5, 0.6) is 0 Å². The van der Waals surface area contributed by atoms with E-state index >= 15 is 0 Å². The van der Waals surface area contributed by atoms with Crippen molar-refractivity contribution in [1.29, 1.82) is 0 Å². The van der Waals surface area contributed by atoms with Crippen molar-refractivity contribution in [3.05, 3.63) is 70.8 Å². The van der Waals surface area contributed by atoms with Crippen molar-refractivity contribution < 1.29 is 0 Å². The van der Waals surface area contributed by atoms with E-state index in [-0.39, 0.29) is 0 Å². The van der Waals surface area contributed by atoms with Crippen molar-refractivity contribution in [2.24, 2.45) is 0 Å². The number of nitrogens with one attached hydrogen (secondary N) is 1. The third kappa shape index (κ3) is 4.18. The Labute approximate surface area is 129 Å². The average Bonchev–Trinajstić information content (AvgIpc) is 2.47. The molecule has 112 valence electrons. The Bertz CT molecular complexity index is 539. The van der Waals surface area contributed by atoms with Gasteiger partial charge in [0.25, 0.3) is 0 Å². The molecule has 2 atom stereocenters. The fourth-order valence-electron chi connectivity index (χ4n) is 3.34. The molecule has 0 amide bonds. The van der Waals surface area contributed by atoms with E-state index in [2.05, 4.69) is 81.7 Å². The maximum atomic E-state index is 3.54. The number of benzene rings is 2. The Kier molecular flexibility index (Phi) is 5.58. The van der Waals surface area contributed by atoms with Crippen LogP contribution in [0, 0.1) is 13.8 Å². The Hall–Kier alpha value is -1.60. The molecule has 0 bridgehead atoms. The van der Waals surface area contributed by atoms with E-state index in [4.69, 9.17) is 0 Å². The second-order valence-corrected chi connectivity index (χ2v) is 6.02. The number of hydrogen-bond donors (Lipinski definition) is 1. The van der Waals surface area contributed by atoms with Gasteiger partial charge in [-0.3, -0.25) is 0 Å². The van der Waals surface area contributed by atoms with Crippen LogP contribution in [0.4, 0.5) is 0 Å². The van der Waals surface area contributed by atoms with Crippen molar-refractivity contribution >= 4 is 0 Å². The van der Waals surface area contributed by atoms with Crippen LogP contribution in [-0.2, 0) is 6.42 Å². The van der Waals surface area contributed by atoms with Gasteiger partial charge in [0.2, 0.25) is 0 Å². The molecular weight excluding hydrogens is 254 g/mol. The minimum Gasteiger partial charge on any atom is -0.316 e. The lowest BCUT2D eigenvalue weighted by Crippen LogP contribution is -2.34. The molecule has 0 spiro atoms. The van der Waals surface area contributed by atoms with Crippen LogP contribution in [0.2, 0.25) is 0 Å². The van der Waals surface area contributed by atoms with E-state index in [1.165, 1.54) is 22.3 Å². The van der Waals surface area contributed by atoms with Crippen LogP contribution in [0.15, 0.2) is 48.5 Å². The van der Waals surface area contributed by atoms with Crippen LogP contribution >= 0.6 is 0 Å². The Balaban J connectivity index is 2.21. The van der Waals surface area contributed by atoms with Gasteiger partial charge in [0.05, 0.1) is 0 Å². The molecule has 0 saturated carbocycles. The summed E-state index contributed by atoms with van der Waals surface area (Å²) in [5, 5.41) is 3.54. The molecule has 0 aliphatic heterocycles. The van der Waals surface area contributed by atoms with Gasteiger partial charge in [-0.15, -0.1) is 0 Å². The van der Waals surface area contributed by atoms with Gasteiger partial charge in [-0.1, -0.05) is 66.6 Å². The summed E-state index contributed by atoms with van der Waals surface area (Å²) in [4.78, 5) is 0. The molecule has 0 aliphatic rings. The third-order valence-electron chi connectivity index (χ3n) is 4.26. The van der Waals surface area contributed by atoms with Crippen molar-refractivity contribution in [2.75, 3.05) is 7.05 Å². The SMILES string of the molecule is CCC(c1ccccc1)C(Cc1cc(C)cc(C)c1)NC.